The lowest BCUT2D eigenvalue weighted by Crippen LogP contribution is -2.45. The fourth-order valence-corrected chi connectivity index (χ4v) is 2.12. The number of ether oxygens (including phenoxy) is 1. The lowest BCUT2D eigenvalue weighted by Gasteiger charge is -2.27. The number of hydrogen-bond acceptors (Lipinski definition) is 2. The Balaban J connectivity index is 1.85. The van der Waals surface area contributed by atoms with Gasteiger partial charge in [0.1, 0.15) is 0 Å². The third kappa shape index (κ3) is 3.44. The maximum Gasteiger partial charge on any atom is 0.317 e. The molecule has 1 aliphatic rings. The van der Waals surface area contributed by atoms with Gasteiger partial charge in [-0.1, -0.05) is 34.1 Å². The summed E-state index contributed by atoms with van der Waals surface area (Å²) in [6.45, 7) is 3.13. The van der Waals surface area contributed by atoms with Crippen molar-refractivity contribution in [1.29, 1.82) is 0 Å². The molecular weight excluding hydrogens is 284 g/mol. The van der Waals surface area contributed by atoms with E-state index in [-0.39, 0.29) is 6.03 Å². The molecule has 0 unspecified atom stereocenters. The summed E-state index contributed by atoms with van der Waals surface area (Å²) in [6.07, 6.45) is 0. The molecule has 1 fully saturated rings. The van der Waals surface area contributed by atoms with Crippen LogP contribution in [-0.4, -0.2) is 37.2 Å². The van der Waals surface area contributed by atoms with Gasteiger partial charge in [0, 0.05) is 24.1 Å². The molecule has 17 heavy (non-hydrogen) atoms. The van der Waals surface area contributed by atoms with Crippen LogP contribution in [0.25, 0.3) is 0 Å². The zero-order valence-corrected chi connectivity index (χ0v) is 11.1. The molecule has 0 bridgehead atoms. The van der Waals surface area contributed by atoms with Crippen LogP contribution >= 0.6 is 15.9 Å². The van der Waals surface area contributed by atoms with Crippen LogP contribution in [0.4, 0.5) is 4.79 Å². The number of halogens is 1. The van der Waals surface area contributed by atoms with Gasteiger partial charge in [-0.15, -0.1) is 0 Å². The van der Waals surface area contributed by atoms with Crippen LogP contribution < -0.4 is 5.32 Å². The highest BCUT2D eigenvalue weighted by Gasteiger charge is 2.16. The average Bonchev–Trinajstić information content (AvgIpc) is 2.38. The van der Waals surface area contributed by atoms with Crippen molar-refractivity contribution in [1.82, 2.24) is 10.2 Å². The van der Waals surface area contributed by atoms with Gasteiger partial charge in [0.15, 0.2) is 0 Å². The second-order valence-corrected chi connectivity index (χ2v) is 4.70. The zero-order valence-electron chi connectivity index (χ0n) is 9.49. The summed E-state index contributed by atoms with van der Waals surface area (Å²) < 4.78 is 6.22. The number of morpholine rings is 1. The second-order valence-electron chi connectivity index (χ2n) is 3.85. The molecule has 1 aliphatic heterocycles. The summed E-state index contributed by atoms with van der Waals surface area (Å²) in [4.78, 5) is 13.6. The summed E-state index contributed by atoms with van der Waals surface area (Å²) >= 11 is 3.46. The lowest BCUT2D eigenvalue weighted by molar-refractivity contribution is 0.0531. The fourth-order valence-electron chi connectivity index (χ4n) is 1.69. The Hall–Kier alpha value is -1.07. The van der Waals surface area contributed by atoms with Crippen LogP contribution in [0.15, 0.2) is 28.7 Å². The number of amides is 2. The summed E-state index contributed by atoms with van der Waals surface area (Å²) in [5.41, 5.74) is 1.08. The third-order valence-electron chi connectivity index (χ3n) is 2.69. The molecule has 0 saturated carbocycles. The van der Waals surface area contributed by atoms with E-state index in [1.165, 1.54) is 0 Å². The molecule has 1 aromatic carbocycles. The van der Waals surface area contributed by atoms with E-state index in [1.807, 2.05) is 24.3 Å². The third-order valence-corrected chi connectivity index (χ3v) is 3.46. The number of carbonyl (C=O) groups is 1. The quantitative estimate of drug-likeness (QED) is 0.907. The van der Waals surface area contributed by atoms with E-state index in [0.717, 1.165) is 10.0 Å². The summed E-state index contributed by atoms with van der Waals surface area (Å²) in [6, 6.07) is 7.85. The fraction of sp³-hybridized carbons (Fsp3) is 0.417. The number of nitrogens with zero attached hydrogens (tertiary/aromatic N) is 1. The van der Waals surface area contributed by atoms with Gasteiger partial charge < -0.3 is 15.0 Å². The first-order valence-corrected chi connectivity index (χ1v) is 6.40. The molecule has 0 radical (unpaired) electrons. The summed E-state index contributed by atoms with van der Waals surface area (Å²) in [7, 11) is 0. The molecule has 0 atom stereocenters. The normalized spacial score (nSPS) is 15.7. The molecule has 0 aliphatic carbocycles. The Bertz CT molecular complexity index is 392. The summed E-state index contributed by atoms with van der Waals surface area (Å²) in [5, 5.41) is 2.91. The predicted octanol–water partition coefficient (Wildman–Crippen LogP) is 1.99. The van der Waals surface area contributed by atoms with Gasteiger partial charge >= 0.3 is 6.03 Å². The molecule has 1 saturated heterocycles. The zero-order chi connectivity index (χ0) is 12.1. The topological polar surface area (TPSA) is 41.6 Å². The van der Waals surface area contributed by atoms with Crippen LogP contribution in [0.1, 0.15) is 5.56 Å². The van der Waals surface area contributed by atoms with Crippen LogP contribution in [0.5, 0.6) is 0 Å². The first kappa shape index (κ1) is 12.4. The lowest BCUT2D eigenvalue weighted by atomic mass is 10.2. The first-order valence-electron chi connectivity index (χ1n) is 5.61. The molecule has 1 aromatic rings. The Kier molecular flexibility index (Phi) is 4.39. The largest absolute Gasteiger partial charge is 0.378 e. The maximum atomic E-state index is 11.8. The minimum absolute atomic E-state index is 0.0240. The van der Waals surface area contributed by atoms with Gasteiger partial charge in [-0.2, -0.15) is 0 Å². The average molecular weight is 299 g/mol. The number of benzene rings is 1. The van der Waals surface area contributed by atoms with E-state index < -0.39 is 0 Å². The van der Waals surface area contributed by atoms with Crippen LogP contribution in [0, 0.1) is 0 Å². The van der Waals surface area contributed by atoms with E-state index in [1.54, 1.807) is 4.90 Å². The van der Waals surface area contributed by atoms with Crippen molar-refractivity contribution in [3.05, 3.63) is 34.3 Å². The number of rotatable bonds is 2. The van der Waals surface area contributed by atoms with Crippen molar-refractivity contribution < 1.29 is 9.53 Å². The van der Waals surface area contributed by atoms with Crippen molar-refractivity contribution in [2.24, 2.45) is 0 Å². The van der Waals surface area contributed by atoms with Crippen molar-refractivity contribution in [2.75, 3.05) is 26.3 Å². The van der Waals surface area contributed by atoms with Gasteiger partial charge in [0.2, 0.25) is 0 Å². The van der Waals surface area contributed by atoms with Crippen LogP contribution in [0.2, 0.25) is 0 Å². The smallest absolute Gasteiger partial charge is 0.317 e. The Morgan fingerprint density at radius 1 is 1.35 bits per heavy atom. The highest BCUT2D eigenvalue weighted by Crippen LogP contribution is 2.15. The van der Waals surface area contributed by atoms with E-state index in [0.29, 0.717) is 32.8 Å². The highest BCUT2D eigenvalue weighted by atomic mass is 79.9. The van der Waals surface area contributed by atoms with Crippen molar-refractivity contribution >= 4 is 22.0 Å². The van der Waals surface area contributed by atoms with E-state index in [4.69, 9.17) is 4.74 Å². The Morgan fingerprint density at radius 3 is 2.76 bits per heavy atom. The van der Waals surface area contributed by atoms with Gasteiger partial charge in [-0.3, -0.25) is 0 Å². The molecule has 0 spiro atoms. The number of urea groups is 1. The number of nitrogens with one attached hydrogen (secondary N) is 1. The van der Waals surface area contributed by atoms with Gasteiger partial charge in [-0.05, 0) is 11.6 Å². The SMILES string of the molecule is O=C(NCc1ccccc1Br)N1CCOCC1. The second kappa shape index (κ2) is 6.02. The Morgan fingerprint density at radius 2 is 2.06 bits per heavy atom. The molecule has 1 heterocycles. The van der Waals surface area contributed by atoms with Crippen molar-refractivity contribution in [3.63, 3.8) is 0 Å². The van der Waals surface area contributed by atoms with Crippen LogP contribution in [-0.2, 0) is 11.3 Å². The Labute approximate surface area is 109 Å². The molecule has 2 amide bonds. The van der Waals surface area contributed by atoms with Crippen LogP contribution in [0.3, 0.4) is 0 Å². The van der Waals surface area contributed by atoms with Crippen molar-refractivity contribution in [3.8, 4) is 0 Å². The molecular formula is C12H15BrN2O2. The molecule has 5 heteroatoms. The minimum atomic E-state index is -0.0240. The predicted molar refractivity (Wildman–Crippen MR) is 68.8 cm³/mol. The number of carbonyl (C=O) groups excluding carboxylic acids is 1. The van der Waals surface area contributed by atoms with Gasteiger partial charge in [0.05, 0.1) is 13.2 Å². The minimum Gasteiger partial charge on any atom is -0.378 e. The molecule has 2 rings (SSSR count). The van der Waals surface area contributed by atoms with E-state index in [9.17, 15) is 4.79 Å². The summed E-state index contributed by atoms with van der Waals surface area (Å²) in [5.74, 6) is 0. The molecule has 1 N–H and O–H groups in total. The number of hydrogen-bond donors (Lipinski definition) is 1. The molecule has 4 nitrogen and oxygen atoms in total. The molecule has 0 aromatic heterocycles. The highest BCUT2D eigenvalue weighted by molar-refractivity contribution is 9.10. The van der Waals surface area contributed by atoms with Gasteiger partial charge in [0.25, 0.3) is 0 Å². The van der Waals surface area contributed by atoms with E-state index >= 15 is 0 Å². The first-order chi connectivity index (χ1) is 8.27. The van der Waals surface area contributed by atoms with Crippen molar-refractivity contribution in [2.45, 2.75) is 6.54 Å². The van der Waals surface area contributed by atoms with E-state index in [2.05, 4.69) is 21.2 Å². The molecule has 92 valence electrons. The maximum absolute atomic E-state index is 11.8. The van der Waals surface area contributed by atoms with Gasteiger partial charge in [-0.25, -0.2) is 4.79 Å². The standard InChI is InChI=1S/C12H15BrN2O2/c13-11-4-2-1-3-10(11)9-14-12(16)15-5-7-17-8-6-15/h1-4H,5-9H2,(H,14,16). The monoisotopic (exact) mass is 298 g/mol.